The predicted octanol–water partition coefficient (Wildman–Crippen LogP) is 2.04. The molecule has 1 N–H and O–H groups in total. The SMILES string of the molecule is CCc1ncc2c(n1)CN(C(=O)Cc1c[nH]c3ncccc13)CC2. The van der Waals surface area contributed by atoms with Crippen LogP contribution in [0.3, 0.4) is 0 Å². The number of nitrogens with one attached hydrogen (secondary N) is 1. The Balaban J connectivity index is 1.53. The van der Waals surface area contributed by atoms with Crippen molar-refractivity contribution in [2.24, 2.45) is 0 Å². The number of aromatic amines is 1. The van der Waals surface area contributed by atoms with Gasteiger partial charge in [-0.25, -0.2) is 15.0 Å². The quantitative estimate of drug-likeness (QED) is 0.801. The minimum Gasteiger partial charge on any atom is -0.346 e. The van der Waals surface area contributed by atoms with Crippen LogP contribution in [0.15, 0.2) is 30.7 Å². The summed E-state index contributed by atoms with van der Waals surface area (Å²) in [7, 11) is 0. The van der Waals surface area contributed by atoms with Gasteiger partial charge in [0, 0.05) is 36.9 Å². The lowest BCUT2D eigenvalue weighted by Crippen LogP contribution is -2.37. The Morgan fingerprint density at radius 2 is 2.29 bits per heavy atom. The smallest absolute Gasteiger partial charge is 0.227 e. The second kappa shape index (κ2) is 6.03. The van der Waals surface area contributed by atoms with E-state index < -0.39 is 0 Å². The van der Waals surface area contributed by atoms with E-state index >= 15 is 0 Å². The number of nitrogens with zero attached hydrogens (tertiary/aromatic N) is 4. The summed E-state index contributed by atoms with van der Waals surface area (Å²) in [5, 5.41) is 1.01. The van der Waals surface area contributed by atoms with Crippen molar-refractivity contribution < 1.29 is 4.79 Å². The third kappa shape index (κ3) is 2.64. The average molecular weight is 321 g/mol. The van der Waals surface area contributed by atoms with E-state index in [2.05, 4.69) is 19.9 Å². The largest absolute Gasteiger partial charge is 0.346 e. The zero-order valence-electron chi connectivity index (χ0n) is 13.6. The number of aromatic nitrogens is 4. The van der Waals surface area contributed by atoms with Crippen molar-refractivity contribution >= 4 is 16.9 Å². The molecular formula is C18H19N5O. The van der Waals surface area contributed by atoms with Crippen molar-refractivity contribution in [1.82, 2.24) is 24.8 Å². The summed E-state index contributed by atoms with van der Waals surface area (Å²) in [5.41, 5.74) is 3.96. The van der Waals surface area contributed by atoms with Crippen molar-refractivity contribution in [3.05, 3.63) is 53.4 Å². The van der Waals surface area contributed by atoms with Gasteiger partial charge < -0.3 is 9.88 Å². The third-order valence-corrected chi connectivity index (χ3v) is 4.54. The normalized spacial score (nSPS) is 14.0. The molecule has 3 aromatic rings. The van der Waals surface area contributed by atoms with Gasteiger partial charge in [-0.3, -0.25) is 4.79 Å². The van der Waals surface area contributed by atoms with Gasteiger partial charge in [0.25, 0.3) is 0 Å². The minimum atomic E-state index is 0.127. The molecule has 1 aliphatic rings. The highest BCUT2D eigenvalue weighted by Crippen LogP contribution is 2.20. The number of carbonyl (C=O) groups excluding carboxylic acids is 1. The van der Waals surface area contributed by atoms with Crippen LogP contribution in [-0.4, -0.2) is 37.3 Å². The molecule has 6 heteroatoms. The molecule has 0 unspecified atom stereocenters. The third-order valence-electron chi connectivity index (χ3n) is 4.54. The summed E-state index contributed by atoms with van der Waals surface area (Å²) in [4.78, 5) is 31.0. The van der Waals surface area contributed by atoms with Crippen LogP contribution < -0.4 is 0 Å². The van der Waals surface area contributed by atoms with Gasteiger partial charge in [0.05, 0.1) is 18.7 Å². The first kappa shape index (κ1) is 14.8. The summed E-state index contributed by atoms with van der Waals surface area (Å²) in [5.74, 6) is 0.966. The summed E-state index contributed by atoms with van der Waals surface area (Å²) in [6.07, 6.45) is 7.55. The second-order valence-corrected chi connectivity index (χ2v) is 6.07. The van der Waals surface area contributed by atoms with E-state index in [-0.39, 0.29) is 5.91 Å². The molecule has 24 heavy (non-hydrogen) atoms. The Labute approximate surface area is 140 Å². The van der Waals surface area contributed by atoms with Gasteiger partial charge >= 0.3 is 0 Å². The van der Waals surface area contributed by atoms with E-state index in [4.69, 9.17) is 0 Å². The maximum atomic E-state index is 12.7. The first-order chi connectivity index (χ1) is 11.7. The highest BCUT2D eigenvalue weighted by Gasteiger charge is 2.23. The van der Waals surface area contributed by atoms with Gasteiger partial charge in [-0.15, -0.1) is 0 Å². The van der Waals surface area contributed by atoms with Crippen molar-refractivity contribution in [2.45, 2.75) is 32.7 Å². The number of hydrogen-bond acceptors (Lipinski definition) is 4. The molecule has 0 bridgehead atoms. The number of fused-ring (bicyclic) bond motifs is 2. The first-order valence-electron chi connectivity index (χ1n) is 8.27. The molecule has 0 fully saturated rings. The topological polar surface area (TPSA) is 74.8 Å². The Morgan fingerprint density at radius 3 is 3.17 bits per heavy atom. The Kier molecular flexibility index (Phi) is 3.72. The fraction of sp³-hybridized carbons (Fsp3) is 0.333. The van der Waals surface area contributed by atoms with E-state index in [0.717, 1.165) is 53.1 Å². The maximum Gasteiger partial charge on any atom is 0.227 e. The molecule has 1 amide bonds. The lowest BCUT2D eigenvalue weighted by Gasteiger charge is -2.28. The number of hydrogen-bond donors (Lipinski definition) is 1. The summed E-state index contributed by atoms with van der Waals surface area (Å²) >= 11 is 0. The molecule has 122 valence electrons. The number of pyridine rings is 1. The molecule has 0 radical (unpaired) electrons. The Hall–Kier alpha value is -2.76. The molecule has 1 aliphatic heterocycles. The van der Waals surface area contributed by atoms with Crippen LogP contribution >= 0.6 is 0 Å². The summed E-state index contributed by atoms with van der Waals surface area (Å²) in [6.45, 7) is 3.34. The molecule has 0 aliphatic carbocycles. The zero-order valence-corrected chi connectivity index (χ0v) is 13.6. The van der Waals surface area contributed by atoms with Crippen molar-refractivity contribution in [3.8, 4) is 0 Å². The number of amides is 1. The lowest BCUT2D eigenvalue weighted by molar-refractivity contribution is -0.131. The molecule has 0 atom stereocenters. The average Bonchev–Trinajstić information content (AvgIpc) is 3.03. The summed E-state index contributed by atoms with van der Waals surface area (Å²) in [6, 6.07) is 3.89. The second-order valence-electron chi connectivity index (χ2n) is 6.07. The van der Waals surface area contributed by atoms with Gasteiger partial charge in [-0.2, -0.15) is 0 Å². The van der Waals surface area contributed by atoms with E-state index in [1.807, 2.05) is 36.4 Å². The number of aryl methyl sites for hydroxylation is 1. The van der Waals surface area contributed by atoms with Gasteiger partial charge in [-0.05, 0) is 29.7 Å². The van der Waals surface area contributed by atoms with Crippen LogP contribution in [0.25, 0.3) is 11.0 Å². The number of carbonyl (C=O) groups is 1. The standard InChI is InChI=1S/C18H19N5O/c1-2-16-20-9-12-5-7-23(11-15(12)22-16)17(24)8-13-10-21-18-14(13)4-3-6-19-18/h3-4,6,9-10H,2,5,7-8,11H2,1H3,(H,19,21). The van der Waals surface area contributed by atoms with Crippen LogP contribution in [0.4, 0.5) is 0 Å². The van der Waals surface area contributed by atoms with Gasteiger partial charge in [0.2, 0.25) is 5.91 Å². The van der Waals surface area contributed by atoms with Crippen molar-refractivity contribution in [2.75, 3.05) is 6.54 Å². The van der Waals surface area contributed by atoms with Gasteiger partial charge in [0.15, 0.2) is 0 Å². The van der Waals surface area contributed by atoms with Crippen LogP contribution in [0.5, 0.6) is 0 Å². The highest BCUT2D eigenvalue weighted by atomic mass is 16.2. The van der Waals surface area contributed by atoms with Crippen molar-refractivity contribution in [1.29, 1.82) is 0 Å². The van der Waals surface area contributed by atoms with E-state index in [9.17, 15) is 4.79 Å². The monoisotopic (exact) mass is 321 g/mol. The van der Waals surface area contributed by atoms with Gasteiger partial charge in [0.1, 0.15) is 11.5 Å². The molecular weight excluding hydrogens is 302 g/mol. The fourth-order valence-corrected chi connectivity index (χ4v) is 3.16. The molecule has 4 rings (SSSR count). The van der Waals surface area contributed by atoms with E-state index in [1.54, 1.807) is 6.20 Å². The Morgan fingerprint density at radius 1 is 1.38 bits per heavy atom. The fourth-order valence-electron chi connectivity index (χ4n) is 3.16. The zero-order chi connectivity index (χ0) is 16.5. The molecule has 0 spiro atoms. The molecule has 0 saturated heterocycles. The first-order valence-corrected chi connectivity index (χ1v) is 8.27. The molecule has 0 aromatic carbocycles. The number of rotatable bonds is 3. The van der Waals surface area contributed by atoms with Crippen LogP contribution in [-0.2, 0) is 30.6 Å². The minimum absolute atomic E-state index is 0.127. The van der Waals surface area contributed by atoms with E-state index in [0.29, 0.717) is 13.0 Å². The molecule has 0 saturated carbocycles. The van der Waals surface area contributed by atoms with Crippen LogP contribution in [0.2, 0.25) is 0 Å². The van der Waals surface area contributed by atoms with Crippen LogP contribution in [0.1, 0.15) is 29.6 Å². The number of H-pyrrole nitrogens is 1. The predicted molar refractivity (Wildman–Crippen MR) is 90.3 cm³/mol. The molecule has 6 nitrogen and oxygen atoms in total. The maximum absolute atomic E-state index is 12.7. The van der Waals surface area contributed by atoms with Gasteiger partial charge in [-0.1, -0.05) is 6.92 Å². The summed E-state index contributed by atoms with van der Waals surface area (Å²) < 4.78 is 0. The molecule has 3 aromatic heterocycles. The van der Waals surface area contributed by atoms with E-state index in [1.165, 1.54) is 0 Å². The van der Waals surface area contributed by atoms with Crippen LogP contribution in [0, 0.1) is 0 Å². The molecule has 4 heterocycles. The van der Waals surface area contributed by atoms with Crippen molar-refractivity contribution in [3.63, 3.8) is 0 Å². The highest BCUT2D eigenvalue weighted by molar-refractivity contribution is 5.87. The lowest BCUT2D eigenvalue weighted by atomic mass is 10.1. The Bertz CT molecular complexity index is 901.